The van der Waals surface area contributed by atoms with Gasteiger partial charge in [0.25, 0.3) is 0 Å². The highest BCUT2D eigenvalue weighted by Gasteiger charge is 2.59. The number of esters is 1. The average Bonchev–Trinajstić information content (AvgIpc) is 3.21. The molecule has 0 aromatic carbocycles. The van der Waals surface area contributed by atoms with Crippen molar-refractivity contribution in [3.8, 4) is 0 Å². The highest BCUT2D eigenvalue weighted by molar-refractivity contribution is 5.69. The van der Waals surface area contributed by atoms with Gasteiger partial charge in [0.1, 0.15) is 6.10 Å². The molecule has 0 aromatic heterocycles. The molecule has 3 saturated carbocycles. The number of allylic oxidation sites excluding steroid dienone is 1. The topological polar surface area (TPSA) is 26.3 Å². The van der Waals surface area contributed by atoms with Crippen LogP contribution in [0.4, 0.5) is 0 Å². The second kappa shape index (κ2) is 12.6. The Bertz CT molecular complexity index is 782. The molecule has 0 radical (unpaired) electrons. The first-order chi connectivity index (χ1) is 17.7. The fourth-order valence-corrected chi connectivity index (χ4v) is 9.87. The number of hydrogen-bond acceptors (Lipinski definition) is 2. The van der Waals surface area contributed by atoms with Crippen molar-refractivity contribution in [2.24, 2.45) is 46.3 Å². The molecule has 0 unspecified atom stereocenters. The molecule has 0 bridgehead atoms. The number of unbranched alkanes of at least 4 members (excludes halogenated alkanes) is 4. The van der Waals surface area contributed by atoms with Gasteiger partial charge in [-0.05, 0) is 97.7 Å². The van der Waals surface area contributed by atoms with Crippen LogP contribution in [0.3, 0.4) is 0 Å². The van der Waals surface area contributed by atoms with Gasteiger partial charge in [0.2, 0.25) is 0 Å². The van der Waals surface area contributed by atoms with Crippen molar-refractivity contribution in [2.45, 2.75) is 157 Å². The Labute approximate surface area is 230 Å². The lowest BCUT2D eigenvalue weighted by molar-refractivity contribution is -0.151. The molecule has 4 rings (SSSR count). The molecule has 0 aromatic rings. The fourth-order valence-electron chi connectivity index (χ4n) is 9.87. The van der Waals surface area contributed by atoms with E-state index in [0.717, 1.165) is 61.2 Å². The van der Waals surface area contributed by atoms with E-state index in [2.05, 4.69) is 47.6 Å². The molecule has 0 saturated heterocycles. The zero-order valence-electron chi connectivity index (χ0n) is 25.5. The van der Waals surface area contributed by atoms with E-state index in [4.69, 9.17) is 4.74 Å². The van der Waals surface area contributed by atoms with Crippen molar-refractivity contribution >= 4 is 5.97 Å². The van der Waals surface area contributed by atoms with Crippen LogP contribution in [-0.2, 0) is 9.53 Å². The summed E-state index contributed by atoms with van der Waals surface area (Å²) in [5, 5.41) is 0. The van der Waals surface area contributed by atoms with Gasteiger partial charge in [0, 0.05) is 12.8 Å². The van der Waals surface area contributed by atoms with Crippen molar-refractivity contribution in [3.05, 3.63) is 11.6 Å². The zero-order valence-corrected chi connectivity index (χ0v) is 25.5. The van der Waals surface area contributed by atoms with Gasteiger partial charge < -0.3 is 4.74 Å². The summed E-state index contributed by atoms with van der Waals surface area (Å²) in [6, 6.07) is 0. The van der Waals surface area contributed by atoms with Crippen LogP contribution in [-0.4, -0.2) is 12.1 Å². The first-order valence-corrected chi connectivity index (χ1v) is 16.6. The van der Waals surface area contributed by atoms with E-state index in [1.807, 2.05) is 0 Å². The van der Waals surface area contributed by atoms with E-state index in [1.165, 1.54) is 77.0 Å². The predicted molar refractivity (Wildman–Crippen MR) is 156 cm³/mol. The van der Waals surface area contributed by atoms with Crippen molar-refractivity contribution in [1.82, 2.24) is 0 Å². The first-order valence-electron chi connectivity index (χ1n) is 16.6. The largest absolute Gasteiger partial charge is 0.462 e. The normalized spacial score (nSPS) is 37.9. The third kappa shape index (κ3) is 6.35. The molecule has 0 spiro atoms. The average molecular weight is 513 g/mol. The zero-order chi connectivity index (χ0) is 26.6. The van der Waals surface area contributed by atoms with Crippen molar-refractivity contribution < 1.29 is 9.53 Å². The SMILES string of the molecule is CCCCCCCC(=O)O[C@H]1CC[C@@]2(C)C(=CC[C@@H]3[C@H]2CC[C@]2(C)[C@@H]([C@H](C)CCCC(C)C)CC[C@@H]32)C1. The van der Waals surface area contributed by atoms with E-state index in [9.17, 15) is 4.79 Å². The molecule has 0 amide bonds. The van der Waals surface area contributed by atoms with Crippen molar-refractivity contribution in [1.29, 1.82) is 0 Å². The van der Waals surface area contributed by atoms with E-state index in [1.54, 1.807) is 5.57 Å². The van der Waals surface area contributed by atoms with Gasteiger partial charge in [0.15, 0.2) is 0 Å². The third-order valence-corrected chi connectivity index (χ3v) is 12.0. The minimum Gasteiger partial charge on any atom is -0.462 e. The highest BCUT2D eigenvalue weighted by Crippen LogP contribution is 2.67. The second-order valence-corrected chi connectivity index (χ2v) is 14.8. The molecule has 37 heavy (non-hydrogen) atoms. The fraction of sp³-hybridized carbons (Fsp3) is 0.914. The maximum Gasteiger partial charge on any atom is 0.306 e. The monoisotopic (exact) mass is 512 g/mol. The van der Waals surface area contributed by atoms with Crippen LogP contribution < -0.4 is 0 Å². The summed E-state index contributed by atoms with van der Waals surface area (Å²) in [5.74, 6) is 5.34. The first kappa shape index (κ1) is 29.2. The summed E-state index contributed by atoms with van der Waals surface area (Å²) in [6.07, 6.45) is 23.9. The minimum absolute atomic E-state index is 0.0485. The molecular weight excluding hydrogens is 452 g/mol. The number of carbonyl (C=O) groups excluding carboxylic acids is 1. The maximum absolute atomic E-state index is 12.5. The lowest BCUT2D eigenvalue weighted by atomic mass is 9.47. The molecule has 212 valence electrons. The summed E-state index contributed by atoms with van der Waals surface area (Å²) in [7, 11) is 0. The molecule has 0 aliphatic heterocycles. The standard InChI is InChI=1S/C35H60O2/c1-7-8-9-10-11-15-33(36)37-28-20-22-34(5)27(24-28)16-17-29-31-19-18-30(26(4)14-12-13-25(2)3)35(31,6)23-21-32(29)34/h16,25-26,28-32H,7-15,17-24H2,1-6H3/t26-,28+,29+,30-,31+,32-,34+,35-/m1/s1. The number of ether oxygens (including phenoxy) is 1. The smallest absolute Gasteiger partial charge is 0.306 e. The lowest BCUT2D eigenvalue weighted by Crippen LogP contribution is -2.51. The number of fused-ring (bicyclic) bond motifs is 5. The van der Waals surface area contributed by atoms with Gasteiger partial charge in [-0.25, -0.2) is 0 Å². The Morgan fingerprint density at radius 1 is 0.946 bits per heavy atom. The Kier molecular flexibility index (Phi) is 9.94. The van der Waals surface area contributed by atoms with Gasteiger partial charge in [-0.2, -0.15) is 0 Å². The molecule has 8 atom stereocenters. The van der Waals surface area contributed by atoms with Gasteiger partial charge in [-0.3, -0.25) is 4.79 Å². The highest BCUT2D eigenvalue weighted by atomic mass is 16.5. The summed E-state index contributed by atoms with van der Waals surface area (Å²) >= 11 is 0. The Balaban J connectivity index is 1.34. The van der Waals surface area contributed by atoms with E-state index in [-0.39, 0.29) is 12.1 Å². The summed E-state index contributed by atoms with van der Waals surface area (Å²) in [6.45, 7) is 14.9. The number of rotatable bonds is 12. The van der Waals surface area contributed by atoms with Crippen molar-refractivity contribution in [3.63, 3.8) is 0 Å². The van der Waals surface area contributed by atoms with Gasteiger partial charge in [0.05, 0.1) is 0 Å². The maximum atomic E-state index is 12.5. The van der Waals surface area contributed by atoms with Crippen LogP contribution in [0.15, 0.2) is 11.6 Å². The molecule has 3 fully saturated rings. The molecular formula is C35H60O2. The quantitative estimate of drug-likeness (QED) is 0.148. The molecule has 0 N–H and O–H groups in total. The van der Waals surface area contributed by atoms with E-state index in [0.29, 0.717) is 17.3 Å². The van der Waals surface area contributed by atoms with Crippen LogP contribution in [0.1, 0.15) is 151 Å². The summed E-state index contributed by atoms with van der Waals surface area (Å²) in [4.78, 5) is 12.5. The third-order valence-electron chi connectivity index (χ3n) is 12.0. The van der Waals surface area contributed by atoms with Crippen LogP contribution >= 0.6 is 0 Å². The Morgan fingerprint density at radius 3 is 2.49 bits per heavy atom. The summed E-state index contributed by atoms with van der Waals surface area (Å²) < 4.78 is 6.02. The van der Waals surface area contributed by atoms with Crippen LogP contribution in [0.2, 0.25) is 0 Å². The van der Waals surface area contributed by atoms with Gasteiger partial charge in [-0.15, -0.1) is 0 Å². The Hall–Kier alpha value is -0.790. The number of hydrogen-bond donors (Lipinski definition) is 0. The molecule has 2 nitrogen and oxygen atoms in total. The van der Waals surface area contributed by atoms with Crippen LogP contribution in [0.25, 0.3) is 0 Å². The molecule has 2 heteroatoms. The van der Waals surface area contributed by atoms with E-state index < -0.39 is 0 Å². The minimum atomic E-state index is 0.0485. The second-order valence-electron chi connectivity index (χ2n) is 14.8. The predicted octanol–water partition coefficient (Wildman–Crippen LogP) is 10.3. The number of carbonyl (C=O) groups is 1. The van der Waals surface area contributed by atoms with Gasteiger partial charge in [-0.1, -0.05) is 98.1 Å². The molecule has 4 aliphatic carbocycles. The lowest BCUT2D eigenvalue weighted by Gasteiger charge is -2.58. The van der Waals surface area contributed by atoms with Crippen LogP contribution in [0, 0.1) is 46.3 Å². The van der Waals surface area contributed by atoms with Gasteiger partial charge >= 0.3 is 5.97 Å². The Morgan fingerprint density at radius 2 is 1.73 bits per heavy atom. The van der Waals surface area contributed by atoms with Crippen LogP contribution in [0.5, 0.6) is 0 Å². The molecule has 0 heterocycles. The molecule has 4 aliphatic rings. The summed E-state index contributed by atoms with van der Waals surface area (Å²) in [5.41, 5.74) is 2.54. The van der Waals surface area contributed by atoms with E-state index >= 15 is 0 Å². The van der Waals surface area contributed by atoms with Crippen molar-refractivity contribution in [2.75, 3.05) is 0 Å².